The number of aromatic carboxylic acids is 1. The topological polar surface area (TPSA) is 65.0 Å². The number of methoxy groups -OCH3 is 1. The molecule has 0 aliphatic rings. The third-order valence-electron chi connectivity index (χ3n) is 3.20. The van der Waals surface area contributed by atoms with E-state index in [1.807, 2.05) is 13.0 Å². The van der Waals surface area contributed by atoms with E-state index in [2.05, 4.69) is 0 Å². The molecule has 0 atom stereocenters. The zero-order chi connectivity index (χ0) is 17.7. The molecule has 0 aliphatic heterocycles. The van der Waals surface area contributed by atoms with Crippen LogP contribution >= 0.6 is 23.2 Å². The lowest BCUT2D eigenvalue weighted by Gasteiger charge is -2.14. The first-order valence-corrected chi connectivity index (χ1v) is 7.80. The van der Waals surface area contributed by atoms with Crippen LogP contribution in [0.1, 0.15) is 15.9 Å². The summed E-state index contributed by atoms with van der Waals surface area (Å²) in [4.78, 5) is 11.0. The molecule has 0 spiro atoms. The normalized spacial score (nSPS) is 10.3. The average molecular weight is 371 g/mol. The fourth-order valence-corrected chi connectivity index (χ4v) is 2.38. The first-order chi connectivity index (χ1) is 11.4. The minimum atomic E-state index is -1.09. The van der Waals surface area contributed by atoms with Crippen LogP contribution in [0.3, 0.4) is 0 Å². The SMILES string of the molecule is COc1cc(C(=O)O)cc(Cl)c1OCCOc1ccc(Cl)c(C)c1. The Kier molecular flexibility index (Phi) is 6.17. The van der Waals surface area contributed by atoms with Crippen LogP contribution < -0.4 is 14.2 Å². The van der Waals surface area contributed by atoms with Crippen molar-refractivity contribution in [3.8, 4) is 17.2 Å². The van der Waals surface area contributed by atoms with E-state index in [-0.39, 0.29) is 35.3 Å². The Morgan fingerprint density at radius 2 is 1.79 bits per heavy atom. The molecule has 0 bridgehead atoms. The van der Waals surface area contributed by atoms with Gasteiger partial charge in [0, 0.05) is 5.02 Å². The molecule has 0 fully saturated rings. The molecule has 0 amide bonds. The lowest BCUT2D eigenvalue weighted by atomic mass is 10.2. The first-order valence-electron chi connectivity index (χ1n) is 7.05. The molecular weight excluding hydrogens is 355 g/mol. The summed E-state index contributed by atoms with van der Waals surface area (Å²) < 4.78 is 16.3. The highest BCUT2D eigenvalue weighted by Gasteiger charge is 2.15. The highest BCUT2D eigenvalue weighted by atomic mass is 35.5. The number of carbonyl (C=O) groups is 1. The van der Waals surface area contributed by atoms with Crippen LogP contribution in [0.4, 0.5) is 0 Å². The Labute approximate surface area is 149 Å². The van der Waals surface area contributed by atoms with Gasteiger partial charge in [0.2, 0.25) is 0 Å². The monoisotopic (exact) mass is 370 g/mol. The Bertz CT molecular complexity index is 746. The summed E-state index contributed by atoms with van der Waals surface area (Å²) in [6.07, 6.45) is 0. The van der Waals surface area contributed by atoms with E-state index in [0.717, 1.165) is 5.56 Å². The van der Waals surface area contributed by atoms with Crippen molar-refractivity contribution in [1.29, 1.82) is 0 Å². The van der Waals surface area contributed by atoms with Gasteiger partial charge in [-0.1, -0.05) is 23.2 Å². The van der Waals surface area contributed by atoms with Gasteiger partial charge < -0.3 is 19.3 Å². The van der Waals surface area contributed by atoms with E-state index in [0.29, 0.717) is 10.8 Å². The highest BCUT2D eigenvalue weighted by molar-refractivity contribution is 6.32. The van der Waals surface area contributed by atoms with Gasteiger partial charge in [-0.25, -0.2) is 4.79 Å². The summed E-state index contributed by atoms with van der Waals surface area (Å²) in [5, 5.41) is 9.85. The predicted molar refractivity (Wildman–Crippen MR) is 92.1 cm³/mol. The summed E-state index contributed by atoms with van der Waals surface area (Å²) in [6, 6.07) is 8.03. The van der Waals surface area contributed by atoms with Crippen molar-refractivity contribution in [2.75, 3.05) is 20.3 Å². The van der Waals surface area contributed by atoms with Crippen molar-refractivity contribution in [2.45, 2.75) is 6.92 Å². The molecule has 0 aliphatic carbocycles. The molecule has 24 heavy (non-hydrogen) atoms. The Morgan fingerprint density at radius 3 is 2.42 bits per heavy atom. The molecule has 2 aromatic carbocycles. The minimum absolute atomic E-state index is 0.0251. The molecule has 1 N–H and O–H groups in total. The quantitative estimate of drug-likeness (QED) is 0.728. The zero-order valence-corrected chi connectivity index (χ0v) is 14.6. The van der Waals surface area contributed by atoms with Gasteiger partial charge in [0.25, 0.3) is 0 Å². The van der Waals surface area contributed by atoms with Crippen molar-refractivity contribution in [2.24, 2.45) is 0 Å². The largest absolute Gasteiger partial charge is 0.493 e. The number of rotatable bonds is 7. The molecule has 2 aromatic rings. The maximum Gasteiger partial charge on any atom is 0.335 e. The molecule has 0 aromatic heterocycles. The third kappa shape index (κ3) is 4.46. The number of halogens is 2. The van der Waals surface area contributed by atoms with Gasteiger partial charge in [-0.05, 0) is 42.8 Å². The molecular formula is C17H16Cl2O5. The van der Waals surface area contributed by atoms with Gasteiger partial charge in [0.15, 0.2) is 11.5 Å². The van der Waals surface area contributed by atoms with Crippen molar-refractivity contribution in [3.05, 3.63) is 51.5 Å². The number of hydrogen-bond acceptors (Lipinski definition) is 4. The van der Waals surface area contributed by atoms with E-state index in [1.54, 1.807) is 12.1 Å². The second-order valence-corrected chi connectivity index (χ2v) is 5.72. The number of ether oxygens (including phenoxy) is 3. The van der Waals surface area contributed by atoms with Crippen LogP contribution in [0.25, 0.3) is 0 Å². The Hall–Kier alpha value is -2.11. The number of benzene rings is 2. The average Bonchev–Trinajstić information content (AvgIpc) is 2.55. The number of carboxylic acids is 1. The van der Waals surface area contributed by atoms with E-state index in [4.69, 9.17) is 42.5 Å². The number of hydrogen-bond donors (Lipinski definition) is 1. The summed E-state index contributed by atoms with van der Waals surface area (Å²) in [6.45, 7) is 2.38. The van der Waals surface area contributed by atoms with Crippen LogP contribution in [0.5, 0.6) is 17.2 Å². The van der Waals surface area contributed by atoms with Crippen molar-refractivity contribution in [1.82, 2.24) is 0 Å². The lowest BCUT2D eigenvalue weighted by Crippen LogP contribution is -2.10. The fraction of sp³-hybridized carbons (Fsp3) is 0.235. The third-order valence-corrected chi connectivity index (χ3v) is 3.91. The van der Waals surface area contributed by atoms with Crippen LogP contribution in [-0.4, -0.2) is 31.4 Å². The molecule has 0 radical (unpaired) electrons. The van der Waals surface area contributed by atoms with Crippen molar-refractivity contribution in [3.63, 3.8) is 0 Å². The summed E-state index contributed by atoms with van der Waals surface area (Å²) in [5.74, 6) is 0.116. The molecule has 0 saturated heterocycles. The summed E-state index contributed by atoms with van der Waals surface area (Å²) in [7, 11) is 1.41. The Balaban J connectivity index is 1.99. The predicted octanol–water partition coefficient (Wildman–Crippen LogP) is 4.47. The fourth-order valence-electron chi connectivity index (χ4n) is 1.99. The molecule has 0 saturated carbocycles. The van der Waals surface area contributed by atoms with Crippen LogP contribution in [0.15, 0.2) is 30.3 Å². The number of aryl methyl sites for hydroxylation is 1. The molecule has 0 heterocycles. The van der Waals surface area contributed by atoms with Gasteiger partial charge in [0.1, 0.15) is 19.0 Å². The molecule has 5 nitrogen and oxygen atoms in total. The lowest BCUT2D eigenvalue weighted by molar-refractivity contribution is 0.0696. The summed E-state index contributed by atoms with van der Waals surface area (Å²) >= 11 is 12.0. The van der Waals surface area contributed by atoms with Crippen LogP contribution in [0.2, 0.25) is 10.0 Å². The molecule has 128 valence electrons. The van der Waals surface area contributed by atoms with E-state index in [9.17, 15) is 4.79 Å². The van der Waals surface area contributed by atoms with Crippen molar-refractivity contribution < 1.29 is 24.1 Å². The molecule has 7 heteroatoms. The van der Waals surface area contributed by atoms with Crippen molar-refractivity contribution >= 4 is 29.2 Å². The highest BCUT2D eigenvalue weighted by Crippen LogP contribution is 2.36. The first kappa shape index (κ1) is 18.2. The van der Waals surface area contributed by atoms with Gasteiger partial charge in [0.05, 0.1) is 17.7 Å². The van der Waals surface area contributed by atoms with Crippen LogP contribution in [0, 0.1) is 6.92 Å². The van der Waals surface area contributed by atoms with Gasteiger partial charge >= 0.3 is 5.97 Å². The van der Waals surface area contributed by atoms with Crippen LogP contribution in [-0.2, 0) is 0 Å². The molecule has 0 unspecified atom stereocenters. The van der Waals surface area contributed by atoms with Gasteiger partial charge in [-0.15, -0.1) is 0 Å². The number of carboxylic acid groups (broad SMARTS) is 1. The van der Waals surface area contributed by atoms with Gasteiger partial charge in [-0.3, -0.25) is 0 Å². The molecule has 2 rings (SSSR count). The maximum absolute atomic E-state index is 11.0. The van der Waals surface area contributed by atoms with E-state index >= 15 is 0 Å². The second-order valence-electron chi connectivity index (χ2n) is 4.90. The minimum Gasteiger partial charge on any atom is -0.493 e. The zero-order valence-electron chi connectivity index (χ0n) is 13.1. The van der Waals surface area contributed by atoms with E-state index in [1.165, 1.54) is 19.2 Å². The Morgan fingerprint density at radius 1 is 1.08 bits per heavy atom. The summed E-state index contributed by atoms with van der Waals surface area (Å²) in [5.41, 5.74) is 0.946. The van der Waals surface area contributed by atoms with Gasteiger partial charge in [-0.2, -0.15) is 0 Å². The maximum atomic E-state index is 11.0. The standard InChI is InChI=1S/C17H16Cl2O5/c1-10-7-12(3-4-13(10)18)23-5-6-24-16-14(19)8-11(17(20)21)9-15(16)22-2/h3-4,7-9H,5-6H2,1-2H3,(H,20,21). The smallest absolute Gasteiger partial charge is 0.335 e. The second kappa shape index (κ2) is 8.13. The van der Waals surface area contributed by atoms with E-state index < -0.39 is 5.97 Å².